The third-order valence-corrected chi connectivity index (χ3v) is 3.93. The van der Waals surface area contributed by atoms with Crippen molar-refractivity contribution in [3.63, 3.8) is 0 Å². The van der Waals surface area contributed by atoms with E-state index in [-0.39, 0.29) is 5.91 Å². The summed E-state index contributed by atoms with van der Waals surface area (Å²) in [5.74, 6) is -0.188. The Balaban J connectivity index is 1.79. The van der Waals surface area contributed by atoms with E-state index < -0.39 is 18.1 Å². The predicted octanol–water partition coefficient (Wildman–Crippen LogP) is 1.08. The van der Waals surface area contributed by atoms with Crippen LogP contribution in [0.3, 0.4) is 0 Å². The van der Waals surface area contributed by atoms with Gasteiger partial charge in [0.15, 0.2) is 6.10 Å². The maximum atomic E-state index is 11.9. The molecule has 0 saturated heterocycles. The fourth-order valence-corrected chi connectivity index (χ4v) is 2.23. The Morgan fingerprint density at radius 3 is 2.52 bits per heavy atom. The molecule has 1 aliphatic rings. The normalized spacial score (nSPS) is 17.4. The van der Waals surface area contributed by atoms with Gasteiger partial charge in [-0.05, 0) is 37.8 Å². The van der Waals surface area contributed by atoms with Gasteiger partial charge in [0.1, 0.15) is 0 Å². The molecule has 0 heterocycles. The highest BCUT2D eigenvalue weighted by atomic mass is 16.3. The molecule has 3 N–H and O–H groups in total. The van der Waals surface area contributed by atoms with Crippen LogP contribution in [0.5, 0.6) is 0 Å². The number of nitrogens with one attached hydrogen (secondary N) is 2. The predicted molar refractivity (Wildman–Crippen MR) is 79.7 cm³/mol. The minimum absolute atomic E-state index is 0.297. The van der Waals surface area contributed by atoms with E-state index in [1.807, 2.05) is 6.07 Å². The lowest BCUT2D eigenvalue weighted by atomic mass is 9.85. The van der Waals surface area contributed by atoms with Gasteiger partial charge in [0.2, 0.25) is 0 Å². The molecular weight excluding hydrogens is 268 g/mol. The van der Waals surface area contributed by atoms with Crippen LogP contribution in [0.15, 0.2) is 30.3 Å². The van der Waals surface area contributed by atoms with Gasteiger partial charge in [-0.25, -0.2) is 0 Å². The van der Waals surface area contributed by atoms with Crippen molar-refractivity contribution in [3.8, 4) is 0 Å². The van der Waals surface area contributed by atoms with Crippen LogP contribution in [0, 0.1) is 5.92 Å². The molecule has 1 fully saturated rings. The second kappa shape index (κ2) is 7.22. The number of aliphatic hydroxyl groups excluding tert-OH is 1. The van der Waals surface area contributed by atoms with Crippen LogP contribution < -0.4 is 10.6 Å². The van der Waals surface area contributed by atoms with E-state index >= 15 is 0 Å². The Morgan fingerprint density at radius 1 is 1.29 bits per heavy atom. The molecule has 1 aromatic rings. The summed E-state index contributed by atoms with van der Waals surface area (Å²) in [7, 11) is 0. The fourth-order valence-electron chi connectivity index (χ4n) is 2.23. The molecule has 1 aliphatic carbocycles. The zero-order chi connectivity index (χ0) is 15.2. The summed E-state index contributed by atoms with van der Waals surface area (Å²) < 4.78 is 0. The highest BCUT2D eigenvalue weighted by molar-refractivity contribution is 5.94. The van der Waals surface area contributed by atoms with Gasteiger partial charge in [0.25, 0.3) is 11.8 Å². The molecule has 5 nitrogen and oxygen atoms in total. The molecule has 1 saturated carbocycles. The molecule has 0 spiro atoms. The Kier molecular flexibility index (Phi) is 5.33. The van der Waals surface area contributed by atoms with Gasteiger partial charge in [0, 0.05) is 12.1 Å². The Morgan fingerprint density at radius 2 is 1.95 bits per heavy atom. The number of benzene rings is 1. The molecule has 21 heavy (non-hydrogen) atoms. The number of carbonyl (C=O) groups is 2. The zero-order valence-corrected chi connectivity index (χ0v) is 12.2. The van der Waals surface area contributed by atoms with Crippen molar-refractivity contribution in [3.05, 3.63) is 35.9 Å². The van der Waals surface area contributed by atoms with Crippen LogP contribution >= 0.6 is 0 Å². The second-order valence-electron chi connectivity index (χ2n) is 5.62. The van der Waals surface area contributed by atoms with E-state index in [1.165, 1.54) is 6.42 Å². The average Bonchev–Trinajstić information content (AvgIpc) is 2.45. The molecule has 1 aromatic carbocycles. The van der Waals surface area contributed by atoms with Crippen molar-refractivity contribution in [2.45, 2.75) is 38.3 Å². The topological polar surface area (TPSA) is 78.4 Å². The molecule has 0 bridgehead atoms. The smallest absolute Gasteiger partial charge is 0.251 e. The summed E-state index contributed by atoms with van der Waals surface area (Å²) in [6.07, 6.45) is 2.25. The van der Waals surface area contributed by atoms with E-state index in [1.54, 1.807) is 31.2 Å². The van der Waals surface area contributed by atoms with Gasteiger partial charge in [0.05, 0.1) is 6.04 Å². The first-order chi connectivity index (χ1) is 10.1. The Bertz CT molecular complexity index is 486. The molecule has 2 atom stereocenters. The molecule has 0 aliphatic heterocycles. The van der Waals surface area contributed by atoms with Gasteiger partial charge in [-0.2, -0.15) is 0 Å². The number of aliphatic hydroxyl groups is 1. The van der Waals surface area contributed by atoms with Crippen LogP contribution in [0.25, 0.3) is 0 Å². The number of carbonyl (C=O) groups excluding carboxylic acids is 2. The van der Waals surface area contributed by atoms with Crippen molar-refractivity contribution in [2.24, 2.45) is 5.92 Å². The van der Waals surface area contributed by atoms with Crippen LogP contribution in [-0.2, 0) is 4.79 Å². The average molecular weight is 290 g/mol. The van der Waals surface area contributed by atoms with Gasteiger partial charge >= 0.3 is 0 Å². The quantitative estimate of drug-likeness (QED) is 0.733. The number of amides is 2. The summed E-state index contributed by atoms with van der Waals surface area (Å²) in [4.78, 5) is 23.8. The summed E-state index contributed by atoms with van der Waals surface area (Å²) in [5, 5.41) is 15.3. The minimum Gasteiger partial charge on any atom is -0.381 e. The lowest BCUT2D eigenvalue weighted by Gasteiger charge is -2.26. The maximum Gasteiger partial charge on any atom is 0.251 e. The third kappa shape index (κ3) is 4.29. The van der Waals surface area contributed by atoms with E-state index in [0.29, 0.717) is 18.0 Å². The van der Waals surface area contributed by atoms with E-state index in [0.717, 1.165) is 12.8 Å². The monoisotopic (exact) mass is 290 g/mol. The largest absolute Gasteiger partial charge is 0.381 e. The van der Waals surface area contributed by atoms with Gasteiger partial charge in [-0.1, -0.05) is 24.6 Å². The summed E-state index contributed by atoms with van der Waals surface area (Å²) in [6, 6.07) is 8.08. The SMILES string of the molecule is CC(NC(=O)c1ccccc1)C(O)C(=O)NCC1CCC1. The number of hydrogen-bond donors (Lipinski definition) is 3. The molecule has 0 aromatic heterocycles. The minimum atomic E-state index is -1.24. The van der Waals surface area contributed by atoms with Gasteiger partial charge in [-0.3, -0.25) is 9.59 Å². The lowest BCUT2D eigenvalue weighted by Crippen LogP contribution is -2.50. The summed E-state index contributed by atoms with van der Waals surface area (Å²) >= 11 is 0. The molecule has 2 unspecified atom stereocenters. The molecule has 114 valence electrons. The molecule has 2 amide bonds. The second-order valence-corrected chi connectivity index (χ2v) is 5.62. The zero-order valence-electron chi connectivity index (χ0n) is 12.2. The highest BCUT2D eigenvalue weighted by Gasteiger charge is 2.25. The third-order valence-electron chi connectivity index (χ3n) is 3.93. The van der Waals surface area contributed by atoms with Crippen LogP contribution in [0.2, 0.25) is 0 Å². The van der Waals surface area contributed by atoms with Crippen LogP contribution in [0.1, 0.15) is 36.5 Å². The van der Waals surface area contributed by atoms with Crippen molar-refractivity contribution >= 4 is 11.8 Å². The number of rotatable bonds is 6. The maximum absolute atomic E-state index is 11.9. The van der Waals surface area contributed by atoms with Crippen LogP contribution in [0.4, 0.5) is 0 Å². The summed E-state index contributed by atoms with van der Waals surface area (Å²) in [5.41, 5.74) is 0.506. The van der Waals surface area contributed by atoms with E-state index in [2.05, 4.69) is 10.6 Å². The van der Waals surface area contributed by atoms with Crippen molar-refractivity contribution in [1.29, 1.82) is 0 Å². The highest BCUT2D eigenvalue weighted by Crippen LogP contribution is 2.25. The van der Waals surface area contributed by atoms with E-state index in [9.17, 15) is 14.7 Å². The van der Waals surface area contributed by atoms with Gasteiger partial charge < -0.3 is 15.7 Å². The first-order valence-corrected chi connectivity index (χ1v) is 7.39. The van der Waals surface area contributed by atoms with Gasteiger partial charge in [-0.15, -0.1) is 0 Å². The summed E-state index contributed by atoms with van der Waals surface area (Å²) in [6.45, 7) is 2.23. The molecule has 5 heteroatoms. The number of hydrogen-bond acceptors (Lipinski definition) is 3. The Hall–Kier alpha value is -1.88. The van der Waals surface area contributed by atoms with E-state index in [4.69, 9.17) is 0 Å². The first-order valence-electron chi connectivity index (χ1n) is 7.39. The standard InChI is InChI=1S/C16H22N2O3/c1-11(18-15(20)13-8-3-2-4-9-13)14(19)16(21)17-10-12-6-5-7-12/h2-4,8-9,11-12,14,19H,5-7,10H2,1H3,(H,17,21)(H,18,20). The van der Waals surface area contributed by atoms with Crippen LogP contribution in [-0.4, -0.2) is 35.6 Å². The molecule has 0 radical (unpaired) electrons. The lowest BCUT2D eigenvalue weighted by molar-refractivity contribution is -0.130. The fraction of sp³-hybridized carbons (Fsp3) is 0.500. The molecular formula is C16H22N2O3. The first kappa shape index (κ1) is 15.5. The van der Waals surface area contributed by atoms with Crippen molar-refractivity contribution in [2.75, 3.05) is 6.54 Å². The van der Waals surface area contributed by atoms with Crippen molar-refractivity contribution < 1.29 is 14.7 Å². The van der Waals surface area contributed by atoms with Crippen molar-refractivity contribution in [1.82, 2.24) is 10.6 Å². The molecule has 2 rings (SSSR count). The Labute approximate surface area is 124 Å².